The normalized spacial score (nSPS) is 12.1. The number of anilines is 1. The Morgan fingerprint density at radius 2 is 1.66 bits per heavy atom. The van der Waals surface area contributed by atoms with Gasteiger partial charge in [0.05, 0.1) is 5.56 Å². The predicted octanol–water partition coefficient (Wildman–Crippen LogP) is 7.46. The van der Waals surface area contributed by atoms with Gasteiger partial charge < -0.3 is 10.1 Å². The Balaban J connectivity index is 1.67. The summed E-state index contributed by atoms with van der Waals surface area (Å²) in [6, 6.07) is 19.2. The lowest BCUT2D eigenvalue weighted by Crippen LogP contribution is -2.36. The molecule has 0 aliphatic rings. The van der Waals surface area contributed by atoms with Gasteiger partial charge in [-0.15, -0.1) is 0 Å². The maximum atomic E-state index is 12.6. The average molecular weight is 470 g/mol. The summed E-state index contributed by atoms with van der Waals surface area (Å²) in [6.07, 6.45) is 3.06. The first kappa shape index (κ1) is 24.5. The van der Waals surface area contributed by atoms with Gasteiger partial charge in [-0.1, -0.05) is 39.0 Å². The SMILES string of the molecule is Cc1ccn2c(NC(C)(C)CC(C)(C)C)c(-c3ccc(OC(=O)c4ccccc4C)cc3)nc2c1. The number of aryl methyl sites for hydroxylation is 2. The molecule has 0 radical (unpaired) electrons. The van der Waals surface area contributed by atoms with Crippen molar-refractivity contribution in [1.82, 2.24) is 9.38 Å². The van der Waals surface area contributed by atoms with Crippen LogP contribution in [0.15, 0.2) is 66.9 Å². The molecule has 2 aromatic carbocycles. The smallest absolute Gasteiger partial charge is 0.343 e. The van der Waals surface area contributed by atoms with E-state index in [9.17, 15) is 4.79 Å². The van der Waals surface area contributed by atoms with Crippen LogP contribution in [0.2, 0.25) is 0 Å². The molecule has 0 saturated carbocycles. The van der Waals surface area contributed by atoms with Crippen LogP contribution in [-0.4, -0.2) is 20.9 Å². The quantitative estimate of drug-likeness (QED) is 0.235. The number of carbonyl (C=O) groups is 1. The monoisotopic (exact) mass is 469 g/mol. The van der Waals surface area contributed by atoms with Gasteiger partial charge in [-0.25, -0.2) is 9.78 Å². The molecule has 0 amide bonds. The van der Waals surface area contributed by atoms with E-state index in [-0.39, 0.29) is 16.9 Å². The zero-order chi connectivity index (χ0) is 25.4. The zero-order valence-electron chi connectivity index (χ0n) is 21.8. The van der Waals surface area contributed by atoms with E-state index in [0.29, 0.717) is 11.3 Å². The Bertz CT molecular complexity index is 1360. The van der Waals surface area contributed by atoms with Crippen LogP contribution >= 0.6 is 0 Å². The summed E-state index contributed by atoms with van der Waals surface area (Å²) in [6.45, 7) is 15.2. The van der Waals surface area contributed by atoms with Gasteiger partial charge in [0, 0.05) is 17.3 Å². The number of rotatable bonds is 6. The van der Waals surface area contributed by atoms with Gasteiger partial charge in [-0.3, -0.25) is 4.40 Å². The first-order chi connectivity index (χ1) is 16.4. The summed E-state index contributed by atoms with van der Waals surface area (Å²) in [5, 5.41) is 3.77. The van der Waals surface area contributed by atoms with Gasteiger partial charge >= 0.3 is 5.97 Å². The van der Waals surface area contributed by atoms with E-state index >= 15 is 0 Å². The van der Waals surface area contributed by atoms with E-state index in [1.807, 2.05) is 49.4 Å². The van der Waals surface area contributed by atoms with Crippen LogP contribution in [0.5, 0.6) is 5.75 Å². The number of esters is 1. The molecule has 0 atom stereocenters. The molecule has 4 aromatic rings. The summed E-state index contributed by atoms with van der Waals surface area (Å²) in [4.78, 5) is 17.6. The highest BCUT2D eigenvalue weighted by Crippen LogP contribution is 2.35. The first-order valence-corrected chi connectivity index (χ1v) is 12.1. The standard InChI is InChI=1S/C30H35N3O2/c1-20-16-17-33-25(18-20)31-26(27(33)32-30(6,7)19-29(3,4)5)22-12-14-23(15-13-22)35-28(34)24-11-9-8-10-21(24)2/h8-18,32H,19H2,1-7H3. The van der Waals surface area contributed by atoms with Gasteiger partial charge in [0.15, 0.2) is 0 Å². The van der Waals surface area contributed by atoms with E-state index < -0.39 is 0 Å². The highest BCUT2D eigenvalue weighted by Gasteiger charge is 2.28. The Kier molecular flexibility index (Phi) is 6.46. The number of imidazole rings is 1. The molecule has 2 heterocycles. The predicted molar refractivity (Wildman–Crippen MR) is 143 cm³/mol. The Labute approximate surface area is 208 Å². The van der Waals surface area contributed by atoms with Crippen LogP contribution in [-0.2, 0) is 0 Å². The van der Waals surface area contributed by atoms with Crippen LogP contribution in [0.3, 0.4) is 0 Å². The van der Waals surface area contributed by atoms with Crippen molar-refractivity contribution in [2.75, 3.05) is 5.32 Å². The van der Waals surface area contributed by atoms with Gasteiger partial charge in [0.25, 0.3) is 0 Å². The molecule has 5 nitrogen and oxygen atoms in total. The second kappa shape index (κ2) is 9.21. The Hall–Kier alpha value is -3.60. The van der Waals surface area contributed by atoms with E-state index in [1.54, 1.807) is 6.07 Å². The molecule has 0 spiro atoms. The van der Waals surface area contributed by atoms with Crippen LogP contribution < -0.4 is 10.1 Å². The van der Waals surface area contributed by atoms with Crippen molar-refractivity contribution in [1.29, 1.82) is 0 Å². The molecule has 35 heavy (non-hydrogen) atoms. The fraction of sp³-hybridized carbons (Fsp3) is 0.333. The molecule has 0 aliphatic heterocycles. The molecule has 1 N–H and O–H groups in total. The third kappa shape index (κ3) is 5.73. The molecule has 0 unspecified atom stereocenters. The number of nitrogens with one attached hydrogen (secondary N) is 1. The molecule has 182 valence electrons. The first-order valence-electron chi connectivity index (χ1n) is 12.1. The maximum Gasteiger partial charge on any atom is 0.343 e. The van der Waals surface area contributed by atoms with Gasteiger partial charge in [-0.05, 0) is 93.1 Å². The molecule has 0 aliphatic carbocycles. The lowest BCUT2D eigenvalue weighted by Gasteiger charge is -2.34. The highest BCUT2D eigenvalue weighted by molar-refractivity contribution is 5.92. The van der Waals surface area contributed by atoms with Crippen LogP contribution in [0, 0.1) is 19.3 Å². The summed E-state index contributed by atoms with van der Waals surface area (Å²) < 4.78 is 7.74. The van der Waals surface area contributed by atoms with Gasteiger partial charge in [0.2, 0.25) is 0 Å². The summed E-state index contributed by atoms with van der Waals surface area (Å²) >= 11 is 0. The van der Waals surface area contributed by atoms with Gasteiger partial charge in [0.1, 0.15) is 22.9 Å². The number of ether oxygens (including phenoxy) is 1. The molecule has 0 fully saturated rings. The fourth-order valence-corrected chi connectivity index (χ4v) is 4.80. The van der Waals surface area contributed by atoms with Crippen molar-refractivity contribution in [3.63, 3.8) is 0 Å². The molecular weight excluding hydrogens is 434 g/mol. The lowest BCUT2D eigenvalue weighted by atomic mass is 9.82. The number of pyridine rings is 1. The number of aromatic nitrogens is 2. The number of fused-ring (bicyclic) bond motifs is 1. The van der Waals surface area contributed by atoms with E-state index in [0.717, 1.165) is 40.3 Å². The zero-order valence-corrected chi connectivity index (χ0v) is 21.8. The largest absolute Gasteiger partial charge is 0.423 e. The van der Waals surface area contributed by atoms with Crippen molar-refractivity contribution < 1.29 is 9.53 Å². The summed E-state index contributed by atoms with van der Waals surface area (Å²) in [5.41, 5.74) is 5.37. The van der Waals surface area contributed by atoms with Crippen molar-refractivity contribution in [2.24, 2.45) is 5.41 Å². The van der Waals surface area contributed by atoms with Crippen LogP contribution in [0.1, 0.15) is 62.5 Å². The Morgan fingerprint density at radius 1 is 0.971 bits per heavy atom. The summed E-state index contributed by atoms with van der Waals surface area (Å²) in [5.74, 6) is 1.11. The number of hydrogen-bond donors (Lipinski definition) is 1. The van der Waals surface area contributed by atoms with Crippen molar-refractivity contribution in [2.45, 2.75) is 60.4 Å². The minimum atomic E-state index is -0.356. The molecule has 4 rings (SSSR count). The van der Waals surface area contributed by atoms with Crippen molar-refractivity contribution >= 4 is 17.4 Å². The van der Waals surface area contributed by atoms with Crippen LogP contribution in [0.25, 0.3) is 16.9 Å². The number of hydrogen-bond acceptors (Lipinski definition) is 4. The third-order valence-corrected chi connectivity index (χ3v) is 5.91. The molecule has 0 bridgehead atoms. The van der Waals surface area contributed by atoms with E-state index in [2.05, 4.69) is 69.6 Å². The second-order valence-electron chi connectivity index (χ2n) is 11.2. The van der Waals surface area contributed by atoms with E-state index in [4.69, 9.17) is 9.72 Å². The fourth-order valence-electron chi connectivity index (χ4n) is 4.80. The minimum absolute atomic E-state index is 0.142. The number of carbonyl (C=O) groups excluding carboxylic acids is 1. The molecular formula is C30H35N3O2. The van der Waals surface area contributed by atoms with Crippen molar-refractivity contribution in [3.8, 4) is 17.0 Å². The highest BCUT2D eigenvalue weighted by atomic mass is 16.5. The lowest BCUT2D eigenvalue weighted by molar-refractivity contribution is 0.0734. The van der Waals surface area contributed by atoms with Crippen molar-refractivity contribution in [3.05, 3.63) is 83.6 Å². The third-order valence-electron chi connectivity index (χ3n) is 5.91. The summed E-state index contributed by atoms with van der Waals surface area (Å²) in [7, 11) is 0. The topological polar surface area (TPSA) is 55.6 Å². The average Bonchev–Trinajstić information content (AvgIpc) is 3.09. The number of benzene rings is 2. The second-order valence-corrected chi connectivity index (χ2v) is 11.2. The van der Waals surface area contributed by atoms with Gasteiger partial charge in [-0.2, -0.15) is 0 Å². The minimum Gasteiger partial charge on any atom is -0.423 e. The maximum absolute atomic E-state index is 12.6. The molecule has 5 heteroatoms. The number of nitrogens with zero attached hydrogens (tertiary/aromatic N) is 2. The molecule has 0 saturated heterocycles. The molecule has 2 aromatic heterocycles. The van der Waals surface area contributed by atoms with Crippen LogP contribution in [0.4, 0.5) is 5.82 Å². The van der Waals surface area contributed by atoms with E-state index in [1.165, 1.54) is 0 Å². The Morgan fingerprint density at radius 3 is 2.31 bits per heavy atom.